The minimum Gasteiger partial charge on any atom is -0.322 e. The van der Waals surface area contributed by atoms with Crippen molar-refractivity contribution in [2.24, 2.45) is 0 Å². The van der Waals surface area contributed by atoms with Crippen LogP contribution in [0.3, 0.4) is 0 Å². The quantitative estimate of drug-likeness (QED) is 0.811. The van der Waals surface area contributed by atoms with Gasteiger partial charge in [0.2, 0.25) is 15.9 Å². The van der Waals surface area contributed by atoms with Crippen molar-refractivity contribution in [3.63, 3.8) is 0 Å². The van der Waals surface area contributed by atoms with Crippen LogP contribution in [-0.4, -0.2) is 31.7 Å². The van der Waals surface area contributed by atoms with Crippen LogP contribution in [0.15, 0.2) is 52.7 Å². The number of thiophene rings is 1. The van der Waals surface area contributed by atoms with Gasteiger partial charge < -0.3 is 5.32 Å². The van der Waals surface area contributed by atoms with Crippen molar-refractivity contribution in [2.45, 2.75) is 24.2 Å². The van der Waals surface area contributed by atoms with Crippen molar-refractivity contribution >= 4 is 39.0 Å². The molecule has 0 atom stereocenters. The number of carbonyl (C=O) groups excluding carboxylic acids is 1. The van der Waals surface area contributed by atoms with Gasteiger partial charge in [-0.05, 0) is 48.6 Å². The molecule has 1 fully saturated rings. The van der Waals surface area contributed by atoms with Crippen molar-refractivity contribution in [3.05, 3.63) is 52.7 Å². The summed E-state index contributed by atoms with van der Waals surface area (Å²) in [6.45, 7) is 1.12. The topological polar surface area (TPSA) is 66.5 Å². The van der Waals surface area contributed by atoms with Crippen LogP contribution in [0.25, 0.3) is 6.08 Å². The van der Waals surface area contributed by atoms with Crippen LogP contribution in [-0.2, 0) is 14.8 Å². The van der Waals surface area contributed by atoms with Gasteiger partial charge in [-0.25, -0.2) is 8.42 Å². The van der Waals surface area contributed by atoms with E-state index in [1.807, 2.05) is 17.5 Å². The van der Waals surface area contributed by atoms with Crippen LogP contribution in [0.5, 0.6) is 0 Å². The van der Waals surface area contributed by atoms with E-state index in [0.29, 0.717) is 18.8 Å². The highest BCUT2D eigenvalue weighted by Crippen LogP contribution is 2.23. The lowest BCUT2D eigenvalue weighted by Gasteiger charge is -2.26. The van der Waals surface area contributed by atoms with Crippen LogP contribution in [0.1, 0.15) is 24.1 Å². The summed E-state index contributed by atoms with van der Waals surface area (Å²) in [5.74, 6) is -0.291. The third kappa shape index (κ3) is 4.56. The van der Waals surface area contributed by atoms with Gasteiger partial charge in [0.15, 0.2) is 0 Å². The molecule has 0 unspecified atom stereocenters. The third-order valence-corrected chi connectivity index (χ3v) is 6.73. The highest BCUT2D eigenvalue weighted by molar-refractivity contribution is 7.89. The lowest BCUT2D eigenvalue weighted by atomic mass is 10.2. The first-order valence-electron chi connectivity index (χ1n) is 8.18. The Morgan fingerprint density at radius 2 is 1.92 bits per heavy atom. The Bertz CT molecular complexity index is 852. The number of nitrogens with one attached hydrogen (secondary N) is 1. The minimum absolute atomic E-state index is 0.217. The summed E-state index contributed by atoms with van der Waals surface area (Å²) in [7, 11) is -3.50. The highest BCUT2D eigenvalue weighted by atomic mass is 32.2. The van der Waals surface area contributed by atoms with Gasteiger partial charge in [-0.2, -0.15) is 4.31 Å². The van der Waals surface area contributed by atoms with Crippen LogP contribution in [0, 0.1) is 0 Å². The van der Waals surface area contributed by atoms with Crippen molar-refractivity contribution in [2.75, 3.05) is 18.4 Å². The van der Waals surface area contributed by atoms with E-state index < -0.39 is 10.0 Å². The SMILES string of the molecule is O=C(/C=C/c1cccs1)Nc1cccc(S(=O)(=O)N2CCCCC2)c1. The maximum atomic E-state index is 12.7. The molecule has 2 aromatic rings. The molecule has 3 rings (SSSR count). The maximum absolute atomic E-state index is 12.7. The summed E-state index contributed by atoms with van der Waals surface area (Å²) in [4.78, 5) is 13.2. The van der Waals surface area contributed by atoms with E-state index in [1.165, 1.54) is 16.4 Å². The molecule has 5 nitrogen and oxygen atoms in total. The average Bonchev–Trinajstić information content (AvgIpc) is 3.14. The van der Waals surface area contributed by atoms with Crippen molar-refractivity contribution in [1.82, 2.24) is 4.31 Å². The molecule has 1 aromatic heterocycles. The van der Waals surface area contributed by atoms with E-state index >= 15 is 0 Å². The predicted molar refractivity (Wildman–Crippen MR) is 101 cm³/mol. The van der Waals surface area contributed by atoms with Gasteiger partial charge in [-0.1, -0.05) is 18.6 Å². The minimum atomic E-state index is -3.50. The van der Waals surface area contributed by atoms with Gasteiger partial charge >= 0.3 is 0 Å². The zero-order valence-corrected chi connectivity index (χ0v) is 15.4. The molecule has 1 saturated heterocycles. The Balaban J connectivity index is 1.71. The molecule has 1 N–H and O–H groups in total. The fourth-order valence-electron chi connectivity index (χ4n) is 2.72. The number of amides is 1. The van der Waals surface area contributed by atoms with Crippen molar-refractivity contribution in [3.8, 4) is 0 Å². The number of rotatable bonds is 5. The Morgan fingerprint density at radius 1 is 1.12 bits per heavy atom. The van der Waals surface area contributed by atoms with E-state index in [0.717, 1.165) is 24.1 Å². The van der Waals surface area contributed by atoms with Gasteiger partial charge in [0.05, 0.1) is 4.90 Å². The lowest BCUT2D eigenvalue weighted by molar-refractivity contribution is -0.111. The molecular formula is C18H20N2O3S2. The molecule has 1 amide bonds. The fraction of sp³-hybridized carbons (Fsp3) is 0.278. The molecule has 0 saturated carbocycles. The van der Waals surface area contributed by atoms with Crippen LogP contribution in [0.4, 0.5) is 5.69 Å². The van der Waals surface area contributed by atoms with Crippen LogP contribution in [0.2, 0.25) is 0 Å². The fourth-order valence-corrected chi connectivity index (χ4v) is 4.90. The number of benzene rings is 1. The summed E-state index contributed by atoms with van der Waals surface area (Å²) in [6, 6.07) is 10.3. The molecule has 132 valence electrons. The largest absolute Gasteiger partial charge is 0.322 e. The second-order valence-electron chi connectivity index (χ2n) is 5.83. The molecule has 0 spiro atoms. The predicted octanol–water partition coefficient (Wildman–Crippen LogP) is 3.57. The van der Waals surface area contributed by atoms with E-state index in [4.69, 9.17) is 0 Å². The number of hydrogen-bond donors (Lipinski definition) is 1. The number of nitrogens with zero attached hydrogens (tertiary/aromatic N) is 1. The molecule has 1 aliphatic rings. The summed E-state index contributed by atoms with van der Waals surface area (Å²) >= 11 is 1.54. The number of piperidine rings is 1. The molecule has 0 bridgehead atoms. The van der Waals surface area contributed by atoms with Gasteiger partial charge in [-0.3, -0.25) is 4.79 Å². The van der Waals surface area contributed by atoms with Gasteiger partial charge in [0.1, 0.15) is 0 Å². The zero-order valence-electron chi connectivity index (χ0n) is 13.7. The van der Waals surface area contributed by atoms with Gasteiger partial charge in [0.25, 0.3) is 0 Å². The first kappa shape index (κ1) is 17.8. The van der Waals surface area contributed by atoms with Crippen LogP contribution >= 0.6 is 11.3 Å². The van der Waals surface area contributed by atoms with Gasteiger partial charge in [0, 0.05) is 29.7 Å². The first-order chi connectivity index (χ1) is 12.1. The van der Waals surface area contributed by atoms with Gasteiger partial charge in [-0.15, -0.1) is 11.3 Å². The smallest absolute Gasteiger partial charge is 0.248 e. The lowest BCUT2D eigenvalue weighted by Crippen LogP contribution is -2.35. The monoisotopic (exact) mass is 376 g/mol. The summed E-state index contributed by atoms with van der Waals surface area (Å²) in [6.07, 6.45) is 6.02. The molecule has 1 aromatic carbocycles. The molecule has 0 aliphatic carbocycles. The van der Waals surface area contributed by atoms with E-state index in [2.05, 4.69) is 5.32 Å². The highest BCUT2D eigenvalue weighted by Gasteiger charge is 2.25. The summed E-state index contributed by atoms with van der Waals surface area (Å²) in [5, 5.41) is 4.65. The molecule has 0 radical (unpaired) electrons. The molecule has 1 aliphatic heterocycles. The Kier molecular flexibility index (Phi) is 5.67. The second-order valence-corrected chi connectivity index (χ2v) is 8.75. The Morgan fingerprint density at radius 3 is 2.64 bits per heavy atom. The molecule has 25 heavy (non-hydrogen) atoms. The molecule has 7 heteroatoms. The Hall–Kier alpha value is -1.96. The van der Waals surface area contributed by atoms with Crippen molar-refractivity contribution in [1.29, 1.82) is 0 Å². The van der Waals surface area contributed by atoms with E-state index in [9.17, 15) is 13.2 Å². The molecular weight excluding hydrogens is 356 g/mol. The second kappa shape index (κ2) is 7.95. The van der Waals surface area contributed by atoms with Crippen molar-refractivity contribution < 1.29 is 13.2 Å². The molecule has 2 heterocycles. The number of hydrogen-bond acceptors (Lipinski definition) is 4. The summed E-state index contributed by atoms with van der Waals surface area (Å²) < 4.78 is 26.9. The first-order valence-corrected chi connectivity index (χ1v) is 10.5. The van der Waals surface area contributed by atoms with E-state index in [1.54, 1.807) is 35.6 Å². The normalized spacial score (nSPS) is 16.2. The zero-order chi connectivity index (χ0) is 17.7. The standard InChI is InChI=1S/C18H20N2O3S2/c21-18(10-9-16-7-5-13-24-16)19-15-6-4-8-17(14-15)25(22,23)20-11-2-1-3-12-20/h4-10,13-14H,1-3,11-12H2,(H,19,21)/b10-9+. The van der Waals surface area contributed by atoms with E-state index in [-0.39, 0.29) is 10.8 Å². The average molecular weight is 377 g/mol. The number of carbonyl (C=O) groups is 1. The third-order valence-electron chi connectivity index (χ3n) is 4.00. The number of sulfonamides is 1. The van der Waals surface area contributed by atoms with Crippen LogP contribution < -0.4 is 5.32 Å². The Labute approximate surface area is 152 Å². The maximum Gasteiger partial charge on any atom is 0.248 e. The number of anilines is 1. The summed E-state index contributed by atoms with van der Waals surface area (Å²) in [5.41, 5.74) is 0.471.